The zero-order valence-electron chi connectivity index (χ0n) is 9.55. The van der Waals surface area contributed by atoms with Crippen LogP contribution in [-0.2, 0) is 26.0 Å². The molecule has 0 amide bonds. The maximum absolute atomic E-state index is 11.7. The van der Waals surface area contributed by atoms with Crippen molar-refractivity contribution >= 4 is 15.8 Å². The first kappa shape index (κ1) is 12.1. The monoisotopic (exact) mass is 254 g/mol. The van der Waals surface area contributed by atoms with Crippen LogP contribution < -0.4 is 0 Å². The molecule has 4 nitrogen and oxygen atoms in total. The van der Waals surface area contributed by atoms with Crippen molar-refractivity contribution in [3.8, 4) is 0 Å². The minimum absolute atomic E-state index is 0.0734. The van der Waals surface area contributed by atoms with Gasteiger partial charge in [-0.2, -0.15) is 0 Å². The highest BCUT2D eigenvalue weighted by molar-refractivity contribution is 7.95. The first-order valence-corrected chi connectivity index (χ1v) is 7.04. The Morgan fingerprint density at radius 2 is 2.00 bits per heavy atom. The predicted molar refractivity (Wildman–Crippen MR) is 63.0 cm³/mol. The number of esters is 1. The van der Waals surface area contributed by atoms with Gasteiger partial charge in [-0.25, -0.2) is 8.42 Å². The molecule has 0 radical (unpaired) electrons. The molecule has 0 spiro atoms. The standard InChI is InChI=1S/C12H14O4S/c1-12(7-8-17(12,14)15)11(13)16-9-10-5-3-2-4-6-10/h2-6H,7-9H2,1H3. The van der Waals surface area contributed by atoms with E-state index in [1.165, 1.54) is 6.92 Å². The number of ether oxygens (including phenoxy) is 1. The van der Waals surface area contributed by atoms with Gasteiger partial charge in [-0.3, -0.25) is 4.79 Å². The van der Waals surface area contributed by atoms with Crippen LogP contribution in [0.3, 0.4) is 0 Å². The highest BCUT2D eigenvalue weighted by Gasteiger charge is 2.55. The molecule has 1 heterocycles. The molecule has 1 aliphatic heterocycles. The van der Waals surface area contributed by atoms with Gasteiger partial charge in [0.25, 0.3) is 0 Å². The minimum Gasteiger partial charge on any atom is -0.460 e. The van der Waals surface area contributed by atoms with Crippen molar-refractivity contribution in [3.05, 3.63) is 35.9 Å². The van der Waals surface area contributed by atoms with Gasteiger partial charge in [0.15, 0.2) is 14.6 Å². The molecule has 0 aliphatic carbocycles. The van der Waals surface area contributed by atoms with Gasteiger partial charge in [0.05, 0.1) is 5.75 Å². The number of rotatable bonds is 3. The summed E-state index contributed by atoms with van der Waals surface area (Å²) in [4.78, 5) is 11.7. The van der Waals surface area contributed by atoms with E-state index in [-0.39, 0.29) is 12.4 Å². The normalized spacial score (nSPS) is 25.9. The Morgan fingerprint density at radius 1 is 1.35 bits per heavy atom. The highest BCUT2D eigenvalue weighted by Crippen LogP contribution is 2.34. The summed E-state index contributed by atoms with van der Waals surface area (Å²) in [5.74, 6) is -0.572. The maximum atomic E-state index is 11.7. The van der Waals surface area contributed by atoms with Crippen molar-refractivity contribution in [1.82, 2.24) is 0 Å². The topological polar surface area (TPSA) is 60.4 Å². The van der Waals surface area contributed by atoms with Crippen LogP contribution in [0.2, 0.25) is 0 Å². The van der Waals surface area contributed by atoms with Gasteiger partial charge in [0.2, 0.25) is 0 Å². The molecule has 1 aromatic carbocycles. The second kappa shape index (κ2) is 4.14. The fourth-order valence-corrected chi connectivity index (χ4v) is 3.14. The number of carbonyl (C=O) groups is 1. The number of carbonyl (C=O) groups excluding carboxylic acids is 1. The van der Waals surface area contributed by atoms with E-state index in [0.717, 1.165) is 5.56 Å². The fraction of sp³-hybridized carbons (Fsp3) is 0.417. The van der Waals surface area contributed by atoms with Crippen LogP contribution in [-0.4, -0.2) is 24.9 Å². The van der Waals surface area contributed by atoms with E-state index in [0.29, 0.717) is 6.42 Å². The van der Waals surface area contributed by atoms with E-state index >= 15 is 0 Å². The fourth-order valence-electron chi connectivity index (χ4n) is 1.68. The first-order valence-electron chi connectivity index (χ1n) is 5.39. The zero-order chi connectivity index (χ0) is 12.5. The molecule has 1 atom stereocenters. The van der Waals surface area contributed by atoms with Crippen LogP contribution in [0.4, 0.5) is 0 Å². The highest BCUT2D eigenvalue weighted by atomic mass is 32.2. The Kier molecular flexibility index (Phi) is 2.95. The Balaban J connectivity index is 2.00. The van der Waals surface area contributed by atoms with Crippen molar-refractivity contribution in [3.63, 3.8) is 0 Å². The second-order valence-corrected chi connectivity index (χ2v) is 6.90. The SMILES string of the molecule is CC1(C(=O)OCc2ccccc2)CCS1(=O)=O. The molecule has 1 aliphatic rings. The van der Waals surface area contributed by atoms with E-state index in [1.54, 1.807) is 0 Å². The van der Waals surface area contributed by atoms with Crippen LogP contribution >= 0.6 is 0 Å². The Hall–Kier alpha value is -1.36. The van der Waals surface area contributed by atoms with Gasteiger partial charge >= 0.3 is 5.97 Å². The van der Waals surface area contributed by atoms with Crippen molar-refractivity contribution in [2.45, 2.75) is 24.7 Å². The number of benzene rings is 1. The van der Waals surface area contributed by atoms with Crippen molar-refractivity contribution in [1.29, 1.82) is 0 Å². The summed E-state index contributed by atoms with van der Waals surface area (Å²) < 4.78 is 26.7. The maximum Gasteiger partial charge on any atom is 0.327 e. The largest absolute Gasteiger partial charge is 0.460 e. The zero-order valence-corrected chi connectivity index (χ0v) is 10.4. The smallest absolute Gasteiger partial charge is 0.327 e. The number of sulfone groups is 1. The average molecular weight is 254 g/mol. The third-order valence-electron chi connectivity index (χ3n) is 3.18. The average Bonchev–Trinajstić information content (AvgIpc) is 2.34. The molecule has 1 fully saturated rings. The van der Waals surface area contributed by atoms with Crippen molar-refractivity contribution in [2.75, 3.05) is 5.75 Å². The van der Waals surface area contributed by atoms with Gasteiger partial charge in [-0.05, 0) is 18.9 Å². The third-order valence-corrected chi connectivity index (χ3v) is 5.66. The van der Waals surface area contributed by atoms with Crippen LogP contribution in [0.25, 0.3) is 0 Å². The lowest BCUT2D eigenvalue weighted by atomic mass is 10.1. The molecule has 0 N–H and O–H groups in total. The lowest BCUT2D eigenvalue weighted by Gasteiger charge is -2.34. The molecule has 1 unspecified atom stereocenters. The molecule has 17 heavy (non-hydrogen) atoms. The molecule has 0 saturated carbocycles. The molecule has 0 bridgehead atoms. The summed E-state index contributed by atoms with van der Waals surface area (Å²) in [5.41, 5.74) is 0.848. The first-order chi connectivity index (χ1) is 7.96. The summed E-state index contributed by atoms with van der Waals surface area (Å²) >= 11 is 0. The van der Waals surface area contributed by atoms with Crippen molar-refractivity contribution in [2.24, 2.45) is 0 Å². The lowest BCUT2D eigenvalue weighted by Crippen LogP contribution is -2.55. The minimum atomic E-state index is -3.30. The third kappa shape index (κ3) is 2.07. The van der Waals surface area contributed by atoms with Gasteiger partial charge in [-0.1, -0.05) is 30.3 Å². The summed E-state index contributed by atoms with van der Waals surface area (Å²) in [5, 5.41) is 0. The van der Waals surface area contributed by atoms with E-state index in [4.69, 9.17) is 4.74 Å². The van der Waals surface area contributed by atoms with E-state index in [9.17, 15) is 13.2 Å². The molecular weight excluding hydrogens is 240 g/mol. The Bertz CT molecular complexity index is 521. The molecule has 1 saturated heterocycles. The van der Waals surface area contributed by atoms with Crippen molar-refractivity contribution < 1.29 is 17.9 Å². The molecule has 2 rings (SSSR count). The number of hydrogen-bond acceptors (Lipinski definition) is 4. The van der Waals surface area contributed by atoms with Gasteiger partial charge in [-0.15, -0.1) is 0 Å². The molecule has 0 aromatic heterocycles. The Morgan fingerprint density at radius 3 is 2.47 bits per heavy atom. The van der Waals surface area contributed by atoms with E-state index in [1.807, 2.05) is 30.3 Å². The van der Waals surface area contributed by atoms with Crippen LogP contribution in [0.1, 0.15) is 18.9 Å². The van der Waals surface area contributed by atoms with Crippen LogP contribution in [0, 0.1) is 0 Å². The summed E-state index contributed by atoms with van der Waals surface area (Å²) in [7, 11) is -3.30. The Labute approximate surface area is 101 Å². The molecule has 1 aromatic rings. The van der Waals surface area contributed by atoms with Gasteiger partial charge in [0.1, 0.15) is 6.61 Å². The lowest BCUT2D eigenvalue weighted by molar-refractivity contribution is -0.148. The second-order valence-electron chi connectivity index (χ2n) is 4.36. The van der Waals surface area contributed by atoms with Crippen LogP contribution in [0.5, 0.6) is 0 Å². The van der Waals surface area contributed by atoms with E-state index < -0.39 is 20.6 Å². The molecule has 92 valence electrons. The number of hydrogen-bond donors (Lipinski definition) is 0. The molecule has 5 heteroatoms. The predicted octanol–water partition coefficient (Wildman–Crippen LogP) is 1.31. The summed E-state index contributed by atoms with van der Waals surface area (Å²) in [6, 6.07) is 9.19. The molecular formula is C12H14O4S. The van der Waals surface area contributed by atoms with Gasteiger partial charge < -0.3 is 4.74 Å². The quantitative estimate of drug-likeness (QED) is 0.763. The summed E-state index contributed by atoms with van der Waals surface area (Å²) in [6.45, 7) is 1.55. The van der Waals surface area contributed by atoms with Gasteiger partial charge in [0, 0.05) is 0 Å². The van der Waals surface area contributed by atoms with Crippen LogP contribution in [0.15, 0.2) is 30.3 Å². The van der Waals surface area contributed by atoms with E-state index in [2.05, 4.69) is 0 Å². The summed E-state index contributed by atoms with van der Waals surface area (Å²) in [6.07, 6.45) is 0.350.